The third kappa shape index (κ3) is 4.31. The van der Waals surface area contributed by atoms with Crippen LogP contribution in [-0.4, -0.2) is 53.4 Å². The van der Waals surface area contributed by atoms with Crippen LogP contribution in [0.1, 0.15) is 6.42 Å². The molecule has 0 aliphatic carbocycles. The third-order valence-corrected chi connectivity index (χ3v) is 4.41. The van der Waals surface area contributed by atoms with E-state index in [-0.39, 0.29) is 11.8 Å². The van der Waals surface area contributed by atoms with E-state index in [1.165, 1.54) is 12.1 Å². The normalized spacial score (nSPS) is 16.9. The number of nitrogens with zero attached hydrogens (tertiary/aromatic N) is 3. The van der Waals surface area contributed by atoms with Crippen LogP contribution >= 0.6 is 0 Å². The van der Waals surface area contributed by atoms with Gasteiger partial charge in [-0.25, -0.2) is 14.2 Å². The SMILES string of the molecule is CN[C@@H]1CCN(c2nc(N)nc3c2oc2ccc(F)cc23)C1.O=C(O)C(F)(F)F. The molecule has 0 spiro atoms. The highest BCUT2D eigenvalue weighted by Gasteiger charge is 2.38. The van der Waals surface area contributed by atoms with Crippen molar-refractivity contribution in [2.45, 2.75) is 18.6 Å². The van der Waals surface area contributed by atoms with Gasteiger partial charge in [-0.1, -0.05) is 0 Å². The number of nitrogens with one attached hydrogen (secondary N) is 1. The molecule has 3 aromatic rings. The standard InChI is InChI=1S/C15H16FN5O.C2HF3O2/c1-18-9-4-5-21(7-9)14-13-12(19-15(17)20-14)10-6-8(16)2-3-11(10)22-13;3-2(4,5)1(6)7/h2-3,6,9,18H,4-5,7H2,1H3,(H2,17,19,20);(H,6,7)/t9-;/m1./s1. The van der Waals surface area contributed by atoms with Crippen LogP contribution in [0.4, 0.5) is 29.3 Å². The molecule has 8 nitrogen and oxygen atoms in total. The fourth-order valence-electron chi connectivity index (χ4n) is 3.02. The molecular weight excluding hydrogens is 398 g/mol. The Bertz CT molecular complexity index is 1050. The average molecular weight is 415 g/mol. The van der Waals surface area contributed by atoms with Gasteiger partial charge in [-0.15, -0.1) is 0 Å². The van der Waals surface area contributed by atoms with Gasteiger partial charge in [0.2, 0.25) is 5.95 Å². The Balaban J connectivity index is 0.000000298. The summed E-state index contributed by atoms with van der Waals surface area (Å²) in [5.41, 5.74) is 7.55. The van der Waals surface area contributed by atoms with Crippen LogP contribution in [0.2, 0.25) is 0 Å². The second kappa shape index (κ2) is 7.70. The maximum absolute atomic E-state index is 13.5. The summed E-state index contributed by atoms with van der Waals surface area (Å²) in [6.45, 7) is 1.69. The largest absolute Gasteiger partial charge is 0.490 e. The minimum atomic E-state index is -5.08. The molecule has 29 heavy (non-hydrogen) atoms. The Morgan fingerprint density at radius 3 is 2.66 bits per heavy atom. The summed E-state index contributed by atoms with van der Waals surface area (Å²) in [5.74, 6) is -2.24. The number of rotatable bonds is 2. The molecular formula is C17H17F4N5O3. The van der Waals surface area contributed by atoms with Crippen LogP contribution in [0, 0.1) is 5.82 Å². The lowest BCUT2D eigenvalue weighted by Gasteiger charge is -2.17. The molecule has 12 heteroatoms. The predicted molar refractivity (Wildman–Crippen MR) is 97.0 cm³/mol. The van der Waals surface area contributed by atoms with Crippen LogP contribution in [0.15, 0.2) is 22.6 Å². The summed E-state index contributed by atoms with van der Waals surface area (Å²) in [5, 5.41) is 11.0. The van der Waals surface area contributed by atoms with Crippen molar-refractivity contribution < 1.29 is 31.9 Å². The second-order valence-electron chi connectivity index (χ2n) is 6.35. The molecule has 4 rings (SSSR count). The summed E-state index contributed by atoms with van der Waals surface area (Å²) < 4.78 is 51.1. The number of nitrogens with two attached hydrogens (primary N) is 1. The molecule has 0 amide bonds. The number of aromatic nitrogens is 2. The van der Waals surface area contributed by atoms with Gasteiger partial charge in [-0.05, 0) is 31.7 Å². The maximum atomic E-state index is 13.5. The van der Waals surface area contributed by atoms with E-state index in [9.17, 15) is 17.6 Å². The Kier molecular flexibility index (Phi) is 5.46. The number of aliphatic carboxylic acids is 1. The summed E-state index contributed by atoms with van der Waals surface area (Å²) in [4.78, 5) is 19.6. The summed E-state index contributed by atoms with van der Waals surface area (Å²) >= 11 is 0. The van der Waals surface area contributed by atoms with E-state index >= 15 is 0 Å². The van der Waals surface area contributed by atoms with E-state index < -0.39 is 12.1 Å². The second-order valence-corrected chi connectivity index (χ2v) is 6.35. The number of halogens is 4. The van der Waals surface area contributed by atoms with Gasteiger partial charge in [0.25, 0.3) is 0 Å². The lowest BCUT2D eigenvalue weighted by Crippen LogP contribution is -2.30. The molecule has 1 saturated heterocycles. The van der Waals surface area contributed by atoms with Crippen molar-refractivity contribution in [3.63, 3.8) is 0 Å². The first-order chi connectivity index (χ1) is 13.6. The summed E-state index contributed by atoms with van der Waals surface area (Å²) in [6, 6.07) is 4.80. The molecule has 2 aromatic heterocycles. The van der Waals surface area contributed by atoms with Gasteiger partial charge >= 0.3 is 12.1 Å². The first-order valence-electron chi connectivity index (χ1n) is 8.47. The number of alkyl halides is 3. The molecule has 1 aromatic carbocycles. The molecule has 1 fully saturated rings. The van der Waals surface area contributed by atoms with Crippen molar-refractivity contribution in [1.29, 1.82) is 0 Å². The molecule has 1 aliphatic rings. The van der Waals surface area contributed by atoms with E-state index in [1.807, 2.05) is 7.05 Å². The first kappa shape index (κ1) is 20.6. The van der Waals surface area contributed by atoms with Crippen LogP contribution in [0.5, 0.6) is 0 Å². The number of carboxylic acid groups (broad SMARTS) is 1. The highest BCUT2D eigenvalue weighted by atomic mass is 19.4. The number of carbonyl (C=O) groups is 1. The van der Waals surface area contributed by atoms with Gasteiger partial charge in [-0.3, -0.25) is 0 Å². The average Bonchev–Trinajstić information content (AvgIpc) is 3.25. The van der Waals surface area contributed by atoms with Gasteiger partial charge in [0.1, 0.15) is 16.9 Å². The molecule has 1 aliphatic heterocycles. The molecule has 0 unspecified atom stereocenters. The van der Waals surface area contributed by atoms with E-state index in [4.69, 9.17) is 20.1 Å². The fraction of sp³-hybridized carbons (Fsp3) is 0.353. The van der Waals surface area contributed by atoms with Crippen molar-refractivity contribution >= 4 is 39.8 Å². The van der Waals surface area contributed by atoms with Crippen LogP contribution < -0.4 is 16.0 Å². The van der Waals surface area contributed by atoms with Crippen LogP contribution in [0.25, 0.3) is 22.1 Å². The zero-order valence-electron chi connectivity index (χ0n) is 15.1. The quantitative estimate of drug-likeness (QED) is 0.547. The topological polar surface area (TPSA) is 118 Å². The predicted octanol–water partition coefficient (Wildman–Crippen LogP) is 2.53. The number of carboxylic acids is 1. The molecule has 4 N–H and O–H groups in total. The van der Waals surface area contributed by atoms with Gasteiger partial charge in [0.05, 0.1) is 0 Å². The fourth-order valence-corrected chi connectivity index (χ4v) is 3.02. The van der Waals surface area contributed by atoms with Crippen molar-refractivity contribution in [2.24, 2.45) is 0 Å². The third-order valence-electron chi connectivity index (χ3n) is 4.41. The number of likely N-dealkylation sites (N-methyl/N-ethyl adjacent to an activating group) is 1. The zero-order chi connectivity index (χ0) is 21.3. The highest BCUT2D eigenvalue weighted by Crippen LogP contribution is 2.34. The van der Waals surface area contributed by atoms with E-state index in [0.717, 1.165) is 19.5 Å². The molecule has 0 saturated carbocycles. The van der Waals surface area contributed by atoms with Crippen LogP contribution in [-0.2, 0) is 4.79 Å². The Hall–Kier alpha value is -3.15. The number of benzene rings is 1. The Morgan fingerprint density at radius 2 is 2.07 bits per heavy atom. The van der Waals surface area contributed by atoms with Crippen molar-refractivity contribution in [1.82, 2.24) is 15.3 Å². The summed E-state index contributed by atoms with van der Waals surface area (Å²) in [7, 11) is 1.95. The van der Waals surface area contributed by atoms with Crippen LogP contribution in [0.3, 0.4) is 0 Å². The number of hydrogen-bond donors (Lipinski definition) is 3. The number of anilines is 2. The van der Waals surface area contributed by atoms with E-state index in [2.05, 4.69) is 20.2 Å². The van der Waals surface area contributed by atoms with E-state index in [0.29, 0.717) is 33.9 Å². The highest BCUT2D eigenvalue weighted by molar-refractivity contribution is 6.06. The van der Waals surface area contributed by atoms with Crippen molar-refractivity contribution in [2.75, 3.05) is 30.8 Å². The molecule has 3 heterocycles. The smallest absolute Gasteiger partial charge is 0.475 e. The minimum Gasteiger partial charge on any atom is -0.475 e. The number of nitrogen functional groups attached to an aromatic ring is 1. The number of hydrogen-bond acceptors (Lipinski definition) is 7. The maximum Gasteiger partial charge on any atom is 0.490 e. The lowest BCUT2D eigenvalue weighted by molar-refractivity contribution is -0.192. The monoisotopic (exact) mass is 415 g/mol. The van der Waals surface area contributed by atoms with Gasteiger partial charge in [0, 0.05) is 24.5 Å². The van der Waals surface area contributed by atoms with E-state index in [1.54, 1.807) is 6.07 Å². The van der Waals surface area contributed by atoms with Crippen molar-refractivity contribution in [3.05, 3.63) is 24.0 Å². The minimum absolute atomic E-state index is 0.169. The lowest BCUT2D eigenvalue weighted by atomic mass is 10.2. The Morgan fingerprint density at radius 1 is 1.38 bits per heavy atom. The molecule has 0 bridgehead atoms. The van der Waals surface area contributed by atoms with Gasteiger partial charge in [-0.2, -0.15) is 18.2 Å². The number of furan rings is 1. The van der Waals surface area contributed by atoms with Crippen molar-refractivity contribution in [3.8, 4) is 0 Å². The van der Waals surface area contributed by atoms with Gasteiger partial charge in [0.15, 0.2) is 11.4 Å². The zero-order valence-corrected chi connectivity index (χ0v) is 15.1. The number of fused-ring (bicyclic) bond motifs is 3. The Labute approximate surface area is 161 Å². The molecule has 0 radical (unpaired) electrons. The first-order valence-corrected chi connectivity index (χ1v) is 8.47. The molecule has 1 atom stereocenters. The van der Waals surface area contributed by atoms with Gasteiger partial charge < -0.3 is 25.5 Å². The summed E-state index contributed by atoms with van der Waals surface area (Å²) in [6.07, 6.45) is -4.06. The molecule has 156 valence electrons.